The third kappa shape index (κ3) is 2.02. The summed E-state index contributed by atoms with van der Waals surface area (Å²) in [6.45, 7) is 7.02. The first-order valence-electron chi connectivity index (χ1n) is 10.1. The fourth-order valence-electron chi connectivity index (χ4n) is 7.86. The zero-order valence-electron chi connectivity index (χ0n) is 15.9. The first-order valence-corrected chi connectivity index (χ1v) is 10.1. The van der Waals surface area contributed by atoms with Crippen LogP contribution in [0.15, 0.2) is 0 Å². The topological polar surface area (TPSA) is 44.2 Å². The monoisotopic (exact) mass is 330 g/mol. The van der Waals surface area contributed by atoms with Gasteiger partial charge in [0.15, 0.2) is 0 Å². The Hall–Kier alpha value is -0.860. The predicted octanol–water partition coefficient (Wildman–Crippen LogP) is 4.51. The SMILES string of the molecule is CC(=N)[C@H]1CC[C@H]2[C@@H]3CCC4N(C)C(=O)CC[C@]4(C)[C@H]3CC[C@]12C. The van der Waals surface area contributed by atoms with Gasteiger partial charge < -0.3 is 10.3 Å². The van der Waals surface area contributed by atoms with Crippen molar-refractivity contribution in [3.63, 3.8) is 0 Å². The van der Waals surface area contributed by atoms with E-state index in [2.05, 4.69) is 18.7 Å². The highest BCUT2D eigenvalue weighted by molar-refractivity contribution is 5.82. The van der Waals surface area contributed by atoms with Gasteiger partial charge in [-0.25, -0.2) is 0 Å². The number of hydrogen-bond donors (Lipinski definition) is 1. The molecule has 0 spiro atoms. The molecule has 7 atom stereocenters. The largest absolute Gasteiger partial charge is 0.342 e. The molecule has 1 N–H and O–H groups in total. The van der Waals surface area contributed by atoms with Crippen LogP contribution in [0.2, 0.25) is 0 Å². The Morgan fingerprint density at radius 1 is 1.04 bits per heavy atom. The van der Waals surface area contributed by atoms with E-state index < -0.39 is 0 Å². The zero-order chi connectivity index (χ0) is 17.3. The van der Waals surface area contributed by atoms with Gasteiger partial charge in [0.1, 0.15) is 0 Å². The lowest BCUT2D eigenvalue weighted by molar-refractivity contribution is -0.157. The minimum absolute atomic E-state index is 0.324. The maximum Gasteiger partial charge on any atom is 0.222 e. The molecular weight excluding hydrogens is 296 g/mol. The van der Waals surface area contributed by atoms with Crippen molar-refractivity contribution in [2.45, 2.75) is 78.2 Å². The van der Waals surface area contributed by atoms with Gasteiger partial charge in [0, 0.05) is 31.1 Å². The molecule has 1 aliphatic heterocycles. The van der Waals surface area contributed by atoms with Crippen molar-refractivity contribution in [2.75, 3.05) is 7.05 Å². The van der Waals surface area contributed by atoms with E-state index in [0.717, 1.165) is 36.3 Å². The predicted molar refractivity (Wildman–Crippen MR) is 97.1 cm³/mol. The highest BCUT2D eigenvalue weighted by Crippen LogP contribution is 2.66. The second-order valence-corrected chi connectivity index (χ2v) is 9.84. The molecule has 4 aliphatic rings. The van der Waals surface area contributed by atoms with E-state index in [1.54, 1.807) is 0 Å². The Balaban J connectivity index is 1.64. The summed E-state index contributed by atoms with van der Waals surface area (Å²) in [5.74, 6) is 3.30. The zero-order valence-corrected chi connectivity index (χ0v) is 15.9. The van der Waals surface area contributed by atoms with Gasteiger partial charge in [0.2, 0.25) is 5.91 Å². The van der Waals surface area contributed by atoms with Crippen molar-refractivity contribution < 1.29 is 4.79 Å². The molecule has 0 aromatic rings. The van der Waals surface area contributed by atoms with Gasteiger partial charge in [-0.3, -0.25) is 4.79 Å². The van der Waals surface area contributed by atoms with E-state index in [-0.39, 0.29) is 0 Å². The van der Waals surface area contributed by atoms with Gasteiger partial charge in [-0.1, -0.05) is 13.8 Å². The molecule has 4 rings (SSSR count). The molecule has 0 bridgehead atoms. The molecular formula is C21H34N2O. The molecule has 1 saturated heterocycles. The van der Waals surface area contributed by atoms with Crippen molar-refractivity contribution in [2.24, 2.45) is 34.5 Å². The van der Waals surface area contributed by atoms with Crippen molar-refractivity contribution in [1.29, 1.82) is 5.41 Å². The summed E-state index contributed by atoms with van der Waals surface area (Å²) in [4.78, 5) is 14.3. The van der Waals surface area contributed by atoms with Crippen LogP contribution < -0.4 is 0 Å². The number of hydrogen-bond acceptors (Lipinski definition) is 2. The molecule has 1 unspecified atom stereocenters. The summed E-state index contributed by atoms with van der Waals surface area (Å²) in [6.07, 6.45) is 9.51. The van der Waals surface area contributed by atoms with Gasteiger partial charge >= 0.3 is 0 Å². The first kappa shape index (κ1) is 16.6. The minimum atomic E-state index is 0.324. The summed E-state index contributed by atoms with van der Waals surface area (Å²) in [6, 6.07) is 0.464. The molecule has 0 aromatic heterocycles. The highest BCUT2D eigenvalue weighted by Gasteiger charge is 2.61. The summed E-state index contributed by atoms with van der Waals surface area (Å²) in [5.41, 5.74) is 1.61. The van der Waals surface area contributed by atoms with Crippen LogP contribution in [0.5, 0.6) is 0 Å². The van der Waals surface area contributed by atoms with Crippen molar-refractivity contribution in [3.8, 4) is 0 Å². The lowest BCUT2D eigenvalue weighted by Gasteiger charge is -2.61. The molecule has 1 heterocycles. The lowest BCUT2D eigenvalue weighted by atomic mass is 9.46. The van der Waals surface area contributed by atoms with Crippen LogP contribution >= 0.6 is 0 Å². The number of nitrogens with one attached hydrogen (secondary N) is 1. The van der Waals surface area contributed by atoms with E-state index >= 15 is 0 Å². The Kier molecular flexibility index (Phi) is 3.68. The number of piperidine rings is 1. The maximum absolute atomic E-state index is 12.2. The summed E-state index contributed by atoms with van der Waals surface area (Å²) in [7, 11) is 2.04. The maximum atomic E-state index is 12.2. The normalized spacial score (nSPS) is 50.9. The standard InChI is InChI=1S/C21H34N2O/c1-13(22)15-6-7-16-14-5-8-18-21(3,12-10-19(24)23(18)4)17(14)9-11-20(15,16)2/h14-18,22H,5-12H2,1-4H3/t14-,15+,16-,17-,18?,20+,21+/m0/s1. The lowest BCUT2D eigenvalue weighted by Crippen LogP contribution is -2.61. The van der Waals surface area contributed by atoms with E-state index in [1.165, 1.54) is 38.5 Å². The number of rotatable bonds is 1. The fourth-order valence-corrected chi connectivity index (χ4v) is 7.86. The third-order valence-electron chi connectivity index (χ3n) is 9.08. The minimum Gasteiger partial charge on any atom is -0.342 e. The van der Waals surface area contributed by atoms with Crippen molar-refractivity contribution in [3.05, 3.63) is 0 Å². The molecule has 24 heavy (non-hydrogen) atoms. The van der Waals surface area contributed by atoms with Crippen LogP contribution in [0.4, 0.5) is 0 Å². The average molecular weight is 331 g/mol. The second-order valence-electron chi connectivity index (χ2n) is 9.84. The van der Waals surface area contributed by atoms with Crippen LogP contribution in [0.1, 0.15) is 72.1 Å². The second kappa shape index (κ2) is 5.32. The Bertz CT molecular complexity index is 572. The molecule has 3 heteroatoms. The van der Waals surface area contributed by atoms with Gasteiger partial charge in [0.25, 0.3) is 0 Å². The number of nitrogens with zero attached hydrogens (tertiary/aromatic N) is 1. The molecule has 0 radical (unpaired) electrons. The quantitative estimate of drug-likeness (QED) is 0.707. The summed E-state index contributed by atoms with van der Waals surface area (Å²) >= 11 is 0. The number of fused-ring (bicyclic) bond motifs is 5. The molecule has 134 valence electrons. The van der Waals surface area contributed by atoms with Crippen LogP contribution in [0.3, 0.4) is 0 Å². The van der Waals surface area contributed by atoms with E-state index in [9.17, 15) is 4.79 Å². The molecule has 4 fully saturated rings. The van der Waals surface area contributed by atoms with E-state index in [0.29, 0.717) is 28.7 Å². The number of carbonyl (C=O) groups excluding carboxylic acids is 1. The number of likely N-dealkylation sites (tertiary alicyclic amines) is 1. The van der Waals surface area contributed by atoms with Gasteiger partial charge in [-0.05, 0) is 80.5 Å². The van der Waals surface area contributed by atoms with Crippen LogP contribution in [0, 0.1) is 39.9 Å². The molecule has 3 nitrogen and oxygen atoms in total. The average Bonchev–Trinajstić information content (AvgIpc) is 2.89. The third-order valence-corrected chi connectivity index (χ3v) is 9.08. The highest BCUT2D eigenvalue weighted by atomic mass is 16.2. The first-order chi connectivity index (χ1) is 11.3. The molecule has 1 amide bonds. The van der Waals surface area contributed by atoms with Gasteiger partial charge in [-0.15, -0.1) is 0 Å². The molecule has 3 aliphatic carbocycles. The van der Waals surface area contributed by atoms with Gasteiger partial charge in [-0.2, -0.15) is 0 Å². The van der Waals surface area contributed by atoms with E-state index in [4.69, 9.17) is 5.41 Å². The number of carbonyl (C=O) groups is 1. The van der Waals surface area contributed by atoms with Crippen molar-refractivity contribution >= 4 is 11.6 Å². The smallest absolute Gasteiger partial charge is 0.222 e. The molecule has 3 saturated carbocycles. The van der Waals surface area contributed by atoms with Gasteiger partial charge in [0.05, 0.1) is 0 Å². The summed E-state index contributed by atoms with van der Waals surface area (Å²) in [5, 5.41) is 8.26. The number of amides is 1. The van der Waals surface area contributed by atoms with Crippen LogP contribution in [-0.2, 0) is 4.79 Å². The Morgan fingerprint density at radius 2 is 1.75 bits per heavy atom. The molecule has 0 aromatic carbocycles. The van der Waals surface area contributed by atoms with Crippen LogP contribution in [-0.4, -0.2) is 29.6 Å². The van der Waals surface area contributed by atoms with Crippen LogP contribution in [0.25, 0.3) is 0 Å². The van der Waals surface area contributed by atoms with E-state index in [1.807, 2.05) is 14.0 Å². The fraction of sp³-hybridized carbons (Fsp3) is 0.905. The Morgan fingerprint density at radius 3 is 2.46 bits per heavy atom. The Labute approximate surface area is 147 Å². The van der Waals surface area contributed by atoms with Crippen molar-refractivity contribution in [1.82, 2.24) is 4.90 Å². The summed E-state index contributed by atoms with van der Waals surface area (Å²) < 4.78 is 0.